The van der Waals surface area contributed by atoms with Gasteiger partial charge in [0.05, 0.1) is 29.7 Å². The maximum Gasteiger partial charge on any atom is 0.290 e. The smallest absolute Gasteiger partial charge is 0.290 e. The number of rotatable bonds is 5. The van der Waals surface area contributed by atoms with Gasteiger partial charge in [0.1, 0.15) is 16.4 Å². The predicted octanol–water partition coefficient (Wildman–Crippen LogP) is 2.83. The van der Waals surface area contributed by atoms with E-state index in [0.29, 0.717) is 29.2 Å². The summed E-state index contributed by atoms with van der Waals surface area (Å²) in [6.45, 7) is -0.250. The second-order valence-electron chi connectivity index (χ2n) is 7.29. The van der Waals surface area contributed by atoms with Gasteiger partial charge >= 0.3 is 0 Å². The van der Waals surface area contributed by atoms with E-state index in [-0.39, 0.29) is 24.5 Å². The first kappa shape index (κ1) is 22.3. The minimum Gasteiger partial charge on any atom is -0.483 e. The summed E-state index contributed by atoms with van der Waals surface area (Å²) in [5, 5.41) is 33.5. The zero-order valence-corrected chi connectivity index (χ0v) is 18.1. The van der Waals surface area contributed by atoms with Crippen LogP contribution >= 0.6 is 11.3 Å². The fourth-order valence-electron chi connectivity index (χ4n) is 3.60. The summed E-state index contributed by atoms with van der Waals surface area (Å²) in [6.07, 6.45) is 8.84. The maximum absolute atomic E-state index is 12.9. The Bertz CT molecular complexity index is 1210. The van der Waals surface area contributed by atoms with Gasteiger partial charge in [-0.25, -0.2) is 4.98 Å². The van der Waals surface area contributed by atoms with Crippen LogP contribution in [0, 0.1) is 0 Å². The Morgan fingerprint density at radius 1 is 1.33 bits per heavy atom. The van der Waals surface area contributed by atoms with E-state index in [1.165, 1.54) is 11.3 Å². The number of nitrogens with one attached hydrogen (secondary N) is 2. The van der Waals surface area contributed by atoms with Crippen LogP contribution in [0.5, 0.6) is 0 Å². The van der Waals surface area contributed by atoms with Crippen molar-refractivity contribution in [2.45, 2.75) is 31.4 Å². The Hall–Kier alpha value is -3.90. The first-order chi connectivity index (χ1) is 16.1. The lowest BCUT2D eigenvalue weighted by molar-refractivity contribution is -0.122. The van der Waals surface area contributed by atoms with Crippen molar-refractivity contribution >= 4 is 29.4 Å². The summed E-state index contributed by atoms with van der Waals surface area (Å²) in [7, 11) is 0. The van der Waals surface area contributed by atoms with Crippen LogP contribution in [0.1, 0.15) is 35.8 Å². The number of hydrogen-bond donors (Lipinski definition) is 4. The average molecular weight is 468 g/mol. The Morgan fingerprint density at radius 3 is 2.85 bits per heavy atom. The lowest BCUT2D eigenvalue weighted by Crippen LogP contribution is -2.12. The molecular formula is C21H21N7O4S. The van der Waals surface area contributed by atoms with Gasteiger partial charge in [-0.1, -0.05) is 6.07 Å². The number of carbonyl (C=O) groups is 2. The molecule has 4 heterocycles. The first-order valence-electron chi connectivity index (χ1n) is 10.1. The molecule has 4 N–H and O–H groups in total. The van der Waals surface area contributed by atoms with E-state index in [2.05, 4.69) is 30.6 Å². The number of aromatic amines is 1. The maximum atomic E-state index is 12.9. The number of aromatic nitrogens is 6. The van der Waals surface area contributed by atoms with E-state index in [1.54, 1.807) is 24.0 Å². The SMILES string of the molecule is O=C(Nc1cn([C@H]2CC[C@@H](O)C2)nc1-c1ccccn1)c1csc(-c2cn[nH]c2)n1.O=CO. The third kappa shape index (κ3) is 5.13. The van der Waals surface area contributed by atoms with Crippen LogP contribution in [-0.2, 0) is 4.79 Å². The number of amides is 1. The van der Waals surface area contributed by atoms with Crippen molar-refractivity contribution in [1.82, 2.24) is 29.9 Å². The van der Waals surface area contributed by atoms with Crippen LogP contribution in [0.15, 0.2) is 48.4 Å². The Labute approximate surface area is 192 Å². The monoisotopic (exact) mass is 467 g/mol. The van der Waals surface area contributed by atoms with Crippen molar-refractivity contribution in [3.05, 3.63) is 54.1 Å². The van der Waals surface area contributed by atoms with Crippen LogP contribution in [0.3, 0.4) is 0 Å². The Balaban J connectivity index is 0.000000821. The van der Waals surface area contributed by atoms with Crippen LogP contribution in [-0.4, -0.2) is 58.6 Å². The Kier molecular flexibility index (Phi) is 6.86. The summed E-state index contributed by atoms with van der Waals surface area (Å²) in [4.78, 5) is 30.0. The van der Waals surface area contributed by atoms with Gasteiger partial charge in [-0.2, -0.15) is 10.2 Å². The quantitative estimate of drug-likeness (QED) is 0.326. The molecule has 0 aromatic carbocycles. The Morgan fingerprint density at radius 2 is 2.18 bits per heavy atom. The molecule has 1 aliphatic carbocycles. The molecule has 0 bridgehead atoms. The zero-order valence-electron chi connectivity index (χ0n) is 17.3. The average Bonchev–Trinajstić information content (AvgIpc) is 3.60. The van der Waals surface area contributed by atoms with E-state index >= 15 is 0 Å². The van der Waals surface area contributed by atoms with E-state index < -0.39 is 0 Å². The normalized spacial score (nSPS) is 17.2. The molecule has 11 nitrogen and oxygen atoms in total. The third-order valence-electron chi connectivity index (χ3n) is 5.12. The number of anilines is 1. The van der Waals surface area contributed by atoms with Crippen molar-refractivity contribution < 1.29 is 19.8 Å². The summed E-state index contributed by atoms with van der Waals surface area (Å²) in [5.41, 5.74) is 2.99. The molecule has 1 aliphatic rings. The molecule has 0 unspecified atom stereocenters. The molecule has 2 atom stereocenters. The standard InChI is InChI=1S/C20H19N7O2S.CH2O2/c28-14-5-4-13(7-14)27-10-16(18(26-27)15-3-1-2-6-21-15)24-19(29)17-11-30-20(25-17)12-8-22-23-9-12;2-1-3/h1-3,6,8-11,13-14,28H,4-5,7H2,(H,22,23)(H,24,29);1H,(H,2,3)/t13-,14+;/m0./s1. The van der Waals surface area contributed by atoms with Gasteiger partial charge in [0.25, 0.3) is 12.4 Å². The summed E-state index contributed by atoms with van der Waals surface area (Å²) in [6, 6.07) is 5.66. The predicted molar refractivity (Wildman–Crippen MR) is 121 cm³/mol. The number of pyridine rings is 1. The molecule has 170 valence electrons. The van der Waals surface area contributed by atoms with Crippen molar-refractivity contribution in [3.63, 3.8) is 0 Å². The molecule has 5 rings (SSSR count). The lowest BCUT2D eigenvalue weighted by Gasteiger charge is -2.09. The van der Waals surface area contributed by atoms with Crippen LogP contribution in [0.25, 0.3) is 22.0 Å². The van der Waals surface area contributed by atoms with Gasteiger partial charge in [0.2, 0.25) is 0 Å². The van der Waals surface area contributed by atoms with Gasteiger partial charge in [-0.3, -0.25) is 24.4 Å². The van der Waals surface area contributed by atoms with Gasteiger partial charge in [0, 0.05) is 29.5 Å². The minimum atomic E-state index is -0.316. The third-order valence-corrected chi connectivity index (χ3v) is 6.01. The topological polar surface area (TPSA) is 159 Å². The highest BCUT2D eigenvalue weighted by Crippen LogP contribution is 2.33. The van der Waals surface area contributed by atoms with E-state index in [1.807, 2.05) is 29.1 Å². The van der Waals surface area contributed by atoms with Gasteiger partial charge in [-0.15, -0.1) is 11.3 Å². The van der Waals surface area contributed by atoms with Gasteiger partial charge in [0.15, 0.2) is 0 Å². The minimum absolute atomic E-state index is 0.0973. The molecule has 0 aliphatic heterocycles. The fraction of sp³-hybridized carbons (Fsp3) is 0.238. The highest BCUT2D eigenvalue weighted by molar-refractivity contribution is 7.13. The summed E-state index contributed by atoms with van der Waals surface area (Å²) >= 11 is 1.38. The number of hydrogen-bond acceptors (Lipinski definition) is 8. The molecule has 0 spiro atoms. The fourth-order valence-corrected chi connectivity index (χ4v) is 4.38. The molecule has 1 saturated carbocycles. The first-order valence-corrected chi connectivity index (χ1v) is 11.0. The molecule has 12 heteroatoms. The van der Waals surface area contributed by atoms with Crippen molar-refractivity contribution in [3.8, 4) is 22.0 Å². The number of nitrogens with zero attached hydrogens (tertiary/aromatic N) is 5. The molecule has 0 radical (unpaired) electrons. The molecule has 4 aromatic heterocycles. The van der Waals surface area contributed by atoms with E-state index in [9.17, 15) is 9.90 Å². The summed E-state index contributed by atoms with van der Waals surface area (Å²) in [5.74, 6) is -0.316. The number of H-pyrrole nitrogens is 1. The number of carbonyl (C=O) groups excluding carboxylic acids is 1. The van der Waals surface area contributed by atoms with Crippen molar-refractivity contribution in [2.75, 3.05) is 5.32 Å². The van der Waals surface area contributed by atoms with Crippen LogP contribution in [0.4, 0.5) is 5.69 Å². The largest absolute Gasteiger partial charge is 0.483 e. The molecule has 4 aromatic rings. The van der Waals surface area contributed by atoms with Crippen LogP contribution < -0.4 is 5.32 Å². The van der Waals surface area contributed by atoms with Gasteiger partial charge < -0.3 is 15.5 Å². The molecule has 1 amide bonds. The second-order valence-corrected chi connectivity index (χ2v) is 8.15. The number of carboxylic acid groups (broad SMARTS) is 1. The lowest BCUT2D eigenvalue weighted by atomic mass is 10.2. The second kappa shape index (κ2) is 10.1. The summed E-state index contributed by atoms with van der Waals surface area (Å²) < 4.78 is 1.83. The van der Waals surface area contributed by atoms with Crippen LogP contribution in [0.2, 0.25) is 0 Å². The van der Waals surface area contributed by atoms with Gasteiger partial charge in [-0.05, 0) is 31.4 Å². The molecule has 0 saturated heterocycles. The number of aliphatic hydroxyl groups excluding tert-OH is 1. The highest BCUT2D eigenvalue weighted by atomic mass is 32.1. The molecule has 33 heavy (non-hydrogen) atoms. The number of thiazole rings is 1. The molecule has 1 fully saturated rings. The van der Waals surface area contributed by atoms with Crippen molar-refractivity contribution in [2.24, 2.45) is 0 Å². The number of aliphatic hydroxyl groups is 1. The molecular weight excluding hydrogens is 446 g/mol. The highest BCUT2D eigenvalue weighted by Gasteiger charge is 2.27. The van der Waals surface area contributed by atoms with Crippen molar-refractivity contribution in [1.29, 1.82) is 0 Å². The van der Waals surface area contributed by atoms with E-state index in [0.717, 1.165) is 23.4 Å². The zero-order chi connectivity index (χ0) is 23.2. The van der Waals surface area contributed by atoms with E-state index in [4.69, 9.17) is 9.90 Å².